The van der Waals surface area contributed by atoms with Crippen molar-refractivity contribution in [2.24, 2.45) is 81.0 Å². The Labute approximate surface area is 737 Å². The molecule has 12 bridgehead atoms. The van der Waals surface area contributed by atoms with Crippen molar-refractivity contribution in [3.63, 3.8) is 0 Å². The Morgan fingerprint density at radius 3 is 0.951 bits per heavy atom. The average molecular weight is 1870 g/mol. The maximum Gasteiger partial charge on any atom is 0.812 e. The Balaban J connectivity index is 0.000000183. The summed E-state index contributed by atoms with van der Waals surface area (Å²) in [6.45, 7) is 0.550. The van der Waals surface area contributed by atoms with E-state index in [9.17, 15) is 73.7 Å². The summed E-state index contributed by atoms with van der Waals surface area (Å²) in [7, 11) is -8.06. The number of hydrogen-bond acceptors (Lipinski definition) is 30. The molecule has 0 radical (unpaired) electrons. The second-order valence-electron chi connectivity index (χ2n) is 34.7. The van der Waals surface area contributed by atoms with Crippen molar-refractivity contribution >= 4 is 94.0 Å². The maximum absolute atomic E-state index is 13.7. The van der Waals surface area contributed by atoms with Gasteiger partial charge in [-0.25, -0.2) is 38.5 Å². The summed E-state index contributed by atoms with van der Waals surface area (Å²) in [5.41, 5.74) is 13.0. The van der Waals surface area contributed by atoms with E-state index in [0.717, 1.165) is 79.1 Å². The molecule has 3 saturated heterocycles. The van der Waals surface area contributed by atoms with E-state index in [0.29, 0.717) is 18.5 Å². The third-order valence-electron chi connectivity index (χ3n) is 25.4. The number of hydrogen-bond donors (Lipinski definition) is 20. The van der Waals surface area contributed by atoms with Crippen LogP contribution in [0.4, 0.5) is 0 Å². The summed E-state index contributed by atoms with van der Waals surface area (Å²) in [4.78, 5) is 66.3. The first-order chi connectivity index (χ1) is 58.1. The van der Waals surface area contributed by atoms with Crippen LogP contribution in [-0.2, 0) is 46.0 Å². The van der Waals surface area contributed by atoms with Gasteiger partial charge in [0.2, 0.25) is 0 Å². The Morgan fingerprint density at radius 1 is 0.439 bits per heavy atom. The second-order valence-corrected chi connectivity index (χ2v) is 42.0. The minimum Gasteiger partial charge on any atom is -0.394 e. The van der Waals surface area contributed by atoms with Gasteiger partial charge in [0.05, 0.1) is 60.2 Å². The van der Waals surface area contributed by atoms with Crippen LogP contribution < -0.4 is 32.3 Å². The highest BCUT2D eigenvalue weighted by atomic mass is 35.6. The molecule has 22 N–H and O–H groups in total. The van der Waals surface area contributed by atoms with Gasteiger partial charge in [-0.2, -0.15) is 9.05 Å². The van der Waals surface area contributed by atoms with Crippen molar-refractivity contribution in [1.82, 2.24) is 20.8 Å². The van der Waals surface area contributed by atoms with Crippen LogP contribution >= 0.6 is 70.2 Å². The van der Waals surface area contributed by atoms with Gasteiger partial charge in [-0.3, -0.25) is 0 Å². The summed E-state index contributed by atoms with van der Waals surface area (Å²) >= 11 is 19.3. The first-order valence-corrected chi connectivity index (χ1v) is 47.1. The largest absolute Gasteiger partial charge is 0.812 e. The van der Waals surface area contributed by atoms with Crippen LogP contribution in [-0.4, -0.2) is 244 Å². The van der Waals surface area contributed by atoms with Crippen molar-refractivity contribution < 1.29 is 138 Å². The molecule has 123 heavy (non-hydrogen) atoms. The molecule has 0 spiro atoms. The molecule has 12 aliphatic carbocycles. The molecular formula is C82H122Cl4N6O28P3+. The van der Waals surface area contributed by atoms with E-state index in [1.807, 2.05) is 0 Å². The van der Waals surface area contributed by atoms with Crippen LogP contribution in [0, 0.1) is 69.5 Å². The van der Waals surface area contributed by atoms with E-state index in [1.54, 1.807) is 97.1 Å². The highest BCUT2D eigenvalue weighted by Crippen LogP contribution is 2.63. The van der Waals surface area contributed by atoms with Crippen LogP contribution in [0.15, 0.2) is 121 Å². The van der Waals surface area contributed by atoms with Gasteiger partial charge in [-0.05, 0) is 254 Å². The molecule has 41 heteroatoms. The number of benzene rings is 4. The fourth-order valence-corrected chi connectivity index (χ4v) is 23.4. The number of likely N-dealkylation sites (N-methyl/N-ethyl adjacent to an activating group) is 2. The van der Waals surface area contributed by atoms with Gasteiger partial charge in [0.1, 0.15) is 54.9 Å². The van der Waals surface area contributed by atoms with Gasteiger partial charge in [0.25, 0.3) is 3.25 Å². The van der Waals surface area contributed by atoms with Crippen LogP contribution in [0.3, 0.4) is 0 Å². The number of halogens is 4. The van der Waals surface area contributed by atoms with E-state index in [-0.39, 0.29) is 34.5 Å². The molecule has 0 amide bonds. The molecule has 19 rings (SSSR count). The minimum atomic E-state index is -4.23. The summed E-state index contributed by atoms with van der Waals surface area (Å²) in [5, 5.41) is 120. The van der Waals surface area contributed by atoms with E-state index in [2.05, 4.69) is 29.9 Å². The van der Waals surface area contributed by atoms with Gasteiger partial charge in [-0.1, -0.05) is 119 Å². The Kier molecular flexibility index (Phi) is 38.6. The average Bonchev–Trinajstić information content (AvgIpc) is 0.756. The number of ether oxygens (including phenoxy) is 3. The smallest absolute Gasteiger partial charge is 0.394 e. The van der Waals surface area contributed by atoms with Gasteiger partial charge in [0.15, 0.2) is 18.9 Å². The van der Waals surface area contributed by atoms with E-state index in [1.165, 1.54) is 135 Å². The summed E-state index contributed by atoms with van der Waals surface area (Å²) in [6.07, 6.45) is 10.0. The minimum absolute atomic E-state index is 0. The van der Waals surface area contributed by atoms with Gasteiger partial charge >= 0.3 is 47.6 Å². The molecule has 34 nitrogen and oxygen atoms in total. The number of aliphatic hydroxyl groups excluding tert-OH is 12. The van der Waals surface area contributed by atoms with Gasteiger partial charge < -0.3 is 116 Å². The summed E-state index contributed by atoms with van der Waals surface area (Å²) in [5.74, 6) is 4.70. The number of nitrogens with one attached hydrogen (secondary N) is 4. The molecule has 12 saturated carbocycles. The first-order valence-electron chi connectivity index (χ1n) is 41.4. The number of nitrogens with two attached hydrogens (primary N) is 2. The fraction of sp³-hybridized carbons (Fsp3) is 0.659. The highest BCUT2D eigenvalue weighted by molar-refractivity contribution is 7.52. The molecule has 15 aliphatic rings. The van der Waals surface area contributed by atoms with Gasteiger partial charge in [-0.15, -0.1) is 0 Å². The molecule has 15 atom stereocenters. The number of aliphatic hydroxyl groups is 12. The molecule has 3 aliphatic heterocycles. The second kappa shape index (κ2) is 46.4. The fourth-order valence-electron chi connectivity index (χ4n) is 21.0. The van der Waals surface area contributed by atoms with Crippen molar-refractivity contribution in [2.75, 3.05) is 53.6 Å². The lowest BCUT2D eigenvalue weighted by atomic mass is 9.49. The third-order valence-corrected chi connectivity index (χ3v) is 28.0. The molecule has 3 heterocycles. The molecule has 4 aromatic rings. The first kappa shape index (κ1) is 102. The van der Waals surface area contributed by atoms with Crippen molar-refractivity contribution in [3.8, 4) is 0 Å². The highest BCUT2D eigenvalue weighted by Gasteiger charge is 2.55. The zero-order chi connectivity index (χ0) is 89.9. The van der Waals surface area contributed by atoms with Crippen molar-refractivity contribution in [3.05, 3.63) is 144 Å². The number of rotatable bonds is 20. The number of carbonyl (C=O) groups is 4. The Morgan fingerprint density at radius 2 is 0.691 bits per heavy atom. The Bertz CT molecular complexity index is 3830. The zero-order valence-corrected chi connectivity index (χ0v) is 74.1. The zero-order valence-electron chi connectivity index (χ0n) is 68.4. The quantitative estimate of drug-likeness (QED) is 0.0328. The molecule has 4 aromatic carbocycles. The van der Waals surface area contributed by atoms with E-state index < -0.39 is 163 Å². The van der Waals surface area contributed by atoms with E-state index in [4.69, 9.17) is 111 Å². The summed E-state index contributed by atoms with van der Waals surface area (Å²) in [6, 6.07) is 30.1. The van der Waals surface area contributed by atoms with Crippen LogP contribution in [0.25, 0.3) is 0 Å². The topological polar surface area (TPSA) is 567 Å². The molecule has 0 aromatic heterocycles. The van der Waals surface area contributed by atoms with E-state index >= 15 is 0 Å². The SMILES string of the molecule is CN[C@H]1C(O)O[C@H](CO)[C@H](O)[C@@H]1O.CN[C@H]1C(O)O[C@H](CO)[C@H](O)[C@@H]1O.ClC(Cl)(Cl)Cl.NCC12CC3CC(CC(C3)C1)C2.N[C@H]1C(O)O[C@H](CO)[C@H](O)[C@@H]1O.O=C(OP(=O)(NCC12CC3CC(CC(C3)C1)C2)OC(=O)c1ccccc1)c1ccccc1.O=C(O[P+](=O)OC(=O)c1ccccc1)c1ccccc1.O=P(O)(O)NCC12CC3CC(CC(C3)C1)C2.[HH]. The standard InChI is InChI=1S/C25H28NO5P.C14H10O5P.C11H20NO3P.C11H19N.2C7H15NO5.C6H13NO5.CCl4.H2/c27-23(21-7-3-1-4-8-21)30-32(29,31-24(28)22-9-5-2-6-10-22)26-17-25-14-18-11-19(15-25)13-20(12-18)16-25;15-13(11-7-3-1-4-8-11)18-20(17)19-14(16)12-9-5-2-6-10-12;13-16(14,15)12-7-11-4-8-1-9(5-11)3-10(2-8)6-11;12-7-11-4-8-1-9(5-11)3-10(2-8)6-11;2*1-8-4-6(11)5(10)3(2-9)13-7(4)12;7-3-5(10)4(9)2(1-8)12-6(3)11;2-1(3,4)5;/h1-10,18-20H,11-17H2,(H,26,29);1-10H;8-10H,1-7H2,(H3,12,13,14,15);8-10H,1-7,12H2;2*3-12H,2H2,1H3;2-6,8-11H,1,7H2;;1H/q;+1;;;;;;;/t;;;;2*3-,4-,5+,6-,7?;2-,3-,4+,5-,6?;;/m....111../s1. The number of carbonyl (C=O) groups excluding carboxylic acids is 4. The van der Waals surface area contributed by atoms with Crippen LogP contribution in [0.1, 0.15) is 158 Å². The Hall–Kier alpha value is -4.44. The predicted octanol–water partition coefficient (Wildman–Crippen LogP) is 6.57. The summed E-state index contributed by atoms with van der Waals surface area (Å²) < 4.78 is 68.7. The lowest BCUT2D eigenvalue weighted by Gasteiger charge is -2.57. The lowest BCUT2D eigenvalue weighted by Crippen LogP contribution is -2.62. The third kappa shape index (κ3) is 29.8. The van der Waals surface area contributed by atoms with Crippen LogP contribution in [0.5, 0.6) is 0 Å². The molecule has 690 valence electrons. The van der Waals surface area contributed by atoms with Gasteiger partial charge in [0, 0.05) is 19.1 Å². The lowest BCUT2D eigenvalue weighted by molar-refractivity contribution is -0.253. The maximum atomic E-state index is 13.7. The monoisotopic (exact) mass is 1870 g/mol. The molecule has 3 unspecified atom stereocenters. The van der Waals surface area contributed by atoms with Crippen LogP contribution in [0.2, 0.25) is 0 Å². The molecule has 15 fully saturated rings. The predicted molar refractivity (Wildman–Crippen MR) is 453 cm³/mol. The normalized spacial score (nSPS) is 35.5. The number of alkyl halides is 4. The van der Waals surface area contributed by atoms with Crippen molar-refractivity contribution in [1.29, 1.82) is 0 Å². The molecular weight excluding hydrogens is 1750 g/mol. The van der Waals surface area contributed by atoms with Crippen molar-refractivity contribution in [2.45, 2.75) is 211 Å².